The molecule has 0 aliphatic carbocycles. The topological polar surface area (TPSA) is 52.0 Å². The Morgan fingerprint density at radius 1 is 1.40 bits per heavy atom. The van der Waals surface area contributed by atoms with Gasteiger partial charge in [0.1, 0.15) is 5.75 Å². The molecule has 5 nitrogen and oxygen atoms in total. The van der Waals surface area contributed by atoms with Gasteiger partial charge in [-0.3, -0.25) is 0 Å². The lowest BCUT2D eigenvalue weighted by molar-refractivity contribution is 0.411. The standard InChI is InChI=1S/C15H22N4O/c1-5-8-19-13(10-17-18-19)15(16-3)12-6-7-14(20-4)11(2)9-12/h6-7,9-10,15-16H,5,8H2,1-4H3. The molecule has 0 saturated heterocycles. The molecule has 1 heterocycles. The van der Waals surface area contributed by atoms with Crippen molar-refractivity contribution in [3.05, 3.63) is 41.2 Å². The Morgan fingerprint density at radius 3 is 2.80 bits per heavy atom. The van der Waals surface area contributed by atoms with Crippen LogP contribution in [0.4, 0.5) is 0 Å². The molecule has 1 unspecified atom stereocenters. The summed E-state index contributed by atoms with van der Waals surface area (Å²) in [5.74, 6) is 0.906. The van der Waals surface area contributed by atoms with E-state index in [0.717, 1.165) is 30.0 Å². The summed E-state index contributed by atoms with van der Waals surface area (Å²) >= 11 is 0. The van der Waals surface area contributed by atoms with E-state index in [1.165, 1.54) is 5.56 Å². The fourth-order valence-electron chi connectivity index (χ4n) is 2.44. The molecule has 0 fully saturated rings. The van der Waals surface area contributed by atoms with Crippen LogP contribution in [0.25, 0.3) is 0 Å². The zero-order chi connectivity index (χ0) is 14.5. The first-order chi connectivity index (χ1) is 9.71. The number of aromatic nitrogens is 3. The van der Waals surface area contributed by atoms with Gasteiger partial charge in [-0.1, -0.05) is 24.3 Å². The van der Waals surface area contributed by atoms with E-state index in [-0.39, 0.29) is 6.04 Å². The third-order valence-corrected chi connectivity index (χ3v) is 3.42. The molecule has 2 aromatic rings. The van der Waals surface area contributed by atoms with Crippen molar-refractivity contribution in [2.24, 2.45) is 0 Å². The van der Waals surface area contributed by atoms with Crippen molar-refractivity contribution in [2.75, 3.05) is 14.2 Å². The van der Waals surface area contributed by atoms with Gasteiger partial charge in [-0.15, -0.1) is 5.10 Å². The highest BCUT2D eigenvalue weighted by Crippen LogP contribution is 2.26. The predicted octanol–water partition coefficient (Wildman–Crippen LogP) is 2.31. The summed E-state index contributed by atoms with van der Waals surface area (Å²) in [5.41, 5.74) is 3.39. The lowest BCUT2D eigenvalue weighted by Gasteiger charge is -2.18. The van der Waals surface area contributed by atoms with Crippen LogP contribution in [-0.2, 0) is 6.54 Å². The number of aryl methyl sites for hydroxylation is 2. The van der Waals surface area contributed by atoms with Gasteiger partial charge in [0.15, 0.2) is 0 Å². The normalized spacial score (nSPS) is 12.4. The minimum atomic E-state index is 0.0844. The maximum Gasteiger partial charge on any atom is 0.121 e. The van der Waals surface area contributed by atoms with E-state index < -0.39 is 0 Å². The third kappa shape index (κ3) is 2.82. The van der Waals surface area contributed by atoms with Crippen molar-refractivity contribution < 1.29 is 4.74 Å². The first-order valence-electron chi connectivity index (χ1n) is 6.91. The van der Waals surface area contributed by atoms with E-state index >= 15 is 0 Å². The van der Waals surface area contributed by atoms with Crippen LogP contribution in [0.15, 0.2) is 24.4 Å². The van der Waals surface area contributed by atoms with Crippen LogP contribution in [0.5, 0.6) is 5.75 Å². The first-order valence-corrected chi connectivity index (χ1v) is 6.91. The summed E-state index contributed by atoms with van der Waals surface area (Å²) in [6.45, 7) is 5.07. The molecule has 0 radical (unpaired) electrons. The molecule has 0 saturated carbocycles. The SMILES string of the molecule is CCCn1nncc1C(NC)c1ccc(OC)c(C)c1. The van der Waals surface area contributed by atoms with Gasteiger partial charge in [-0.25, -0.2) is 4.68 Å². The number of hydrogen-bond donors (Lipinski definition) is 1. The molecule has 1 atom stereocenters. The molecule has 5 heteroatoms. The number of nitrogens with one attached hydrogen (secondary N) is 1. The molecule has 108 valence electrons. The Balaban J connectivity index is 2.36. The van der Waals surface area contributed by atoms with Crippen LogP contribution in [0.2, 0.25) is 0 Å². The maximum absolute atomic E-state index is 5.32. The largest absolute Gasteiger partial charge is 0.496 e. The fraction of sp³-hybridized carbons (Fsp3) is 0.467. The number of rotatable bonds is 6. The monoisotopic (exact) mass is 274 g/mol. The van der Waals surface area contributed by atoms with E-state index in [9.17, 15) is 0 Å². The van der Waals surface area contributed by atoms with E-state index in [0.29, 0.717) is 0 Å². The molecule has 1 N–H and O–H groups in total. The summed E-state index contributed by atoms with van der Waals surface area (Å²) in [6, 6.07) is 6.31. The smallest absolute Gasteiger partial charge is 0.121 e. The van der Waals surface area contributed by atoms with Crippen molar-refractivity contribution >= 4 is 0 Å². The summed E-state index contributed by atoms with van der Waals surface area (Å²) in [4.78, 5) is 0. The van der Waals surface area contributed by atoms with Gasteiger partial charge in [-0.2, -0.15) is 0 Å². The Hall–Kier alpha value is -1.88. The van der Waals surface area contributed by atoms with Gasteiger partial charge < -0.3 is 10.1 Å². The summed E-state index contributed by atoms with van der Waals surface area (Å²) in [5, 5.41) is 11.5. The number of methoxy groups -OCH3 is 1. The number of ether oxygens (including phenoxy) is 1. The Morgan fingerprint density at radius 2 is 2.20 bits per heavy atom. The summed E-state index contributed by atoms with van der Waals surface area (Å²) in [6.07, 6.45) is 2.87. The van der Waals surface area contributed by atoms with Gasteiger partial charge in [-0.05, 0) is 37.6 Å². The molecule has 20 heavy (non-hydrogen) atoms. The molecule has 0 aliphatic heterocycles. The second-order valence-electron chi connectivity index (χ2n) is 4.83. The highest BCUT2D eigenvalue weighted by Gasteiger charge is 2.18. The van der Waals surface area contributed by atoms with Gasteiger partial charge in [0.2, 0.25) is 0 Å². The van der Waals surface area contributed by atoms with Gasteiger partial charge >= 0.3 is 0 Å². The van der Waals surface area contributed by atoms with Crippen LogP contribution >= 0.6 is 0 Å². The molecule has 2 rings (SSSR count). The number of nitrogens with zero attached hydrogens (tertiary/aromatic N) is 3. The second-order valence-corrected chi connectivity index (χ2v) is 4.83. The van der Waals surface area contributed by atoms with Crippen LogP contribution in [0.3, 0.4) is 0 Å². The fourth-order valence-corrected chi connectivity index (χ4v) is 2.44. The second kappa shape index (κ2) is 6.52. The number of benzene rings is 1. The average Bonchev–Trinajstić information content (AvgIpc) is 2.89. The Bertz CT molecular complexity index is 565. The summed E-state index contributed by atoms with van der Waals surface area (Å²) < 4.78 is 7.28. The van der Waals surface area contributed by atoms with E-state index in [1.807, 2.05) is 24.0 Å². The highest BCUT2D eigenvalue weighted by molar-refractivity contribution is 5.39. The minimum absolute atomic E-state index is 0.0844. The molecular formula is C15H22N4O. The van der Waals surface area contributed by atoms with Crippen molar-refractivity contribution in [2.45, 2.75) is 32.9 Å². The molecule has 1 aromatic carbocycles. The molecule has 0 spiro atoms. The third-order valence-electron chi connectivity index (χ3n) is 3.42. The molecular weight excluding hydrogens is 252 g/mol. The van der Waals surface area contributed by atoms with Crippen LogP contribution in [0, 0.1) is 6.92 Å². The van der Waals surface area contributed by atoms with E-state index in [1.54, 1.807) is 7.11 Å². The van der Waals surface area contributed by atoms with Crippen molar-refractivity contribution in [3.63, 3.8) is 0 Å². The van der Waals surface area contributed by atoms with Crippen LogP contribution < -0.4 is 10.1 Å². The zero-order valence-corrected chi connectivity index (χ0v) is 12.6. The minimum Gasteiger partial charge on any atom is -0.496 e. The molecule has 0 aliphatic rings. The Labute approximate surface area is 120 Å². The zero-order valence-electron chi connectivity index (χ0n) is 12.6. The van der Waals surface area contributed by atoms with Gasteiger partial charge in [0.25, 0.3) is 0 Å². The molecule has 1 aromatic heterocycles. The van der Waals surface area contributed by atoms with E-state index in [2.05, 4.69) is 41.6 Å². The quantitative estimate of drug-likeness (QED) is 0.878. The lowest BCUT2D eigenvalue weighted by Crippen LogP contribution is -2.21. The number of hydrogen-bond acceptors (Lipinski definition) is 4. The average molecular weight is 274 g/mol. The van der Waals surface area contributed by atoms with Crippen molar-refractivity contribution in [1.82, 2.24) is 20.3 Å². The maximum atomic E-state index is 5.32. The van der Waals surface area contributed by atoms with Crippen molar-refractivity contribution in [3.8, 4) is 5.75 Å². The predicted molar refractivity (Wildman–Crippen MR) is 78.9 cm³/mol. The Kier molecular flexibility index (Phi) is 4.74. The first kappa shape index (κ1) is 14.5. The lowest BCUT2D eigenvalue weighted by atomic mass is 10.0. The van der Waals surface area contributed by atoms with Gasteiger partial charge in [0, 0.05) is 6.54 Å². The van der Waals surface area contributed by atoms with Crippen LogP contribution in [0.1, 0.15) is 36.2 Å². The molecule has 0 bridgehead atoms. The molecule has 0 amide bonds. The van der Waals surface area contributed by atoms with Crippen LogP contribution in [-0.4, -0.2) is 29.2 Å². The summed E-state index contributed by atoms with van der Waals surface area (Å²) in [7, 11) is 3.64. The van der Waals surface area contributed by atoms with Crippen molar-refractivity contribution in [1.29, 1.82) is 0 Å². The van der Waals surface area contributed by atoms with E-state index in [4.69, 9.17) is 4.74 Å². The highest BCUT2D eigenvalue weighted by atomic mass is 16.5. The van der Waals surface area contributed by atoms with Gasteiger partial charge in [0.05, 0.1) is 25.0 Å².